The van der Waals surface area contributed by atoms with Crippen molar-refractivity contribution in [1.82, 2.24) is 0 Å². The van der Waals surface area contributed by atoms with Crippen molar-refractivity contribution in [2.24, 2.45) is 5.92 Å². The highest BCUT2D eigenvalue weighted by Gasteiger charge is 2.15. The quantitative estimate of drug-likeness (QED) is 0.594. The molecule has 0 aliphatic heterocycles. The molecule has 0 heterocycles. The fraction of sp³-hybridized carbons (Fsp3) is 0.800. The fourth-order valence-electron chi connectivity index (χ4n) is 0.918. The van der Waals surface area contributed by atoms with Crippen molar-refractivity contribution in [2.75, 3.05) is 0 Å². The maximum Gasteiger partial charge on any atom is 0.308 e. The van der Waals surface area contributed by atoms with Crippen molar-refractivity contribution in [3.8, 4) is 0 Å². The molecule has 0 aromatic carbocycles. The molecule has 0 spiro atoms. The first-order chi connectivity index (χ1) is 5.61. The summed E-state index contributed by atoms with van der Waals surface area (Å²) in [6.45, 7) is 7.74. The highest BCUT2D eigenvalue weighted by molar-refractivity contribution is 5.72. The Labute approximate surface area is 75.3 Å². The standard InChI is InChI=1S/C10H19O2/c1-5-7-8(3)10(11)12-9(4)6-2/h6,8-9H,5,7H2,1-4H3/t8-,9+/m1/s1. The molecular weight excluding hydrogens is 152 g/mol. The predicted molar refractivity (Wildman–Crippen MR) is 49.6 cm³/mol. The van der Waals surface area contributed by atoms with E-state index >= 15 is 0 Å². The molecule has 2 atom stereocenters. The van der Waals surface area contributed by atoms with Gasteiger partial charge in [-0.25, -0.2) is 0 Å². The lowest BCUT2D eigenvalue weighted by Crippen LogP contribution is -2.20. The van der Waals surface area contributed by atoms with Gasteiger partial charge in [-0.15, -0.1) is 0 Å². The van der Waals surface area contributed by atoms with Gasteiger partial charge in [0.2, 0.25) is 0 Å². The topological polar surface area (TPSA) is 26.3 Å². The van der Waals surface area contributed by atoms with Crippen LogP contribution in [0, 0.1) is 12.3 Å². The third-order valence-electron chi connectivity index (χ3n) is 1.90. The maximum absolute atomic E-state index is 11.3. The highest BCUT2D eigenvalue weighted by Crippen LogP contribution is 2.09. The summed E-state index contributed by atoms with van der Waals surface area (Å²) in [5.41, 5.74) is 0. The van der Waals surface area contributed by atoms with E-state index in [1.807, 2.05) is 27.2 Å². The highest BCUT2D eigenvalue weighted by atomic mass is 16.5. The Kier molecular flexibility index (Phi) is 5.77. The number of hydrogen-bond acceptors (Lipinski definition) is 2. The monoisotopic (exact) mass is 171 g/mol. The molecule has 12 heavy (non-hydrogen) atoms. The number of carbonyl (C=O) groups excluding carboxylic acids is 1. The summed E-state index contributed by atoms with van der Waals surface area (Å²) in [7, 11) is 0. The molecule has 0 aliphatic rings. The van der Waals surface area contributed by atoms with E-state index in [0.29, 0.717) is 0 Å². The van der Waals surface area contributed by atoms with Crippen LogP contribution in [0.5, 0.6) is 0 Å². The Morgan fingerprint density at radius 3 is 2.50 bits per heavy atom. The zero-order chi connectivity index (χ0) is 9.56. The summed E-state index contributed by atoms with van der Waals surface area (Å²) >= 11 is 0. The normalized spacial score (nSPS) is 15.3. The van der Waals surface area contributed by atoms with Crippen LogP contribution in [0.2, 0.25) is 0 Å². The summed E-state index contributed by atoms with van der Waals surface area (Å²) in [6, 6.07) is 0. The molecule has 0 aliphatic carbocycles. The molecule has 1 radical (unpaired) electrons. The Balaban J connectivity index is 3.70. The molecule has 0 fully saturated rings. The van der Waals surface area contributed by atoms with Gasteiger partial charge >= 0.3 is 5.97 Å². The molecule has 0 aromatic rings. The number of rotatable bonds is 5. The Morgan fingerprint density at radius 2 is 2.08 bits per heavy atom. The van der Waals surface area contributed by atoms with Crippen LogP contribution < -0.4 is 0 Å². The van der Waals surface area contributed by atoms with Gasteiger partial charge in [-0.2, -0.15) is 0 Å². The van der Waals surface area contributed by atoms with Gasteiger partial charge in [0.1, 0.15) is 6.10 Å². The molecule has 0 saturated carbocycles. The van der Waals surface area contributed by atoms with Crippen molar-refractivity contribution in [3.63, 3.8) is 0 Å². The van der Waals surface area contributed by atoms with E-state index in [2.05, 4.69) is 6.92 Å². The van der Waals surface area contributed by atoms with Gasteiger partial charge < -0.3 is 4.74 Å². The summed E-state index contributed by atoms with van der Waals surface area (Å²) in [6.07, 6.45) is 3.75. The smallest absolute Gasteiger partial charge is 0.308 e. The van der Waals surface area contributed by atoms with Crippen LogP contribution in [0.1, 0.15) is 40.5 Å². The van der Waals surface area contributed by atoms with E-state index in [0.717, 1.165) is 12.8 Å². The number of esters is 1. The second kappa shape index (κ2) is 6.04. The molecule has 71 valence electrons. The van der Waals surface area contributed by atoms with Crippen molar-refractivity contribution in [2.45, 2.75) is 46.6 Å². The van der Waals surface area contributed by atoms with Crippen LogP contribution in [-0.4, -0.2) is 12.1 Å². The van der Waals surface area contributed by atoms with Gasteiger partial charge in [0.15, 0.2) is 0 Å². The van der Waals surface area contributed by atoms with Crippen molar-refractivity contribution in [3.05, 3.63) is 6.42 Å². The summed E-state index contributed by atoms with van der Waals surface area (Å²) in [5, 5.41) is 0. The molecular formula is C10H19O2. The lowest BCUT2D eigenvalue weighted by atomic mass is 10.1. The first-order valence-corrected chi connectivity index (χ1v) is 4.61. The second-order valence-electron chi connectivity index (χ2n) is 3.17. The van der Waals surface area contributed by atoms with Gasteiger partial charge in [-0.1, -0.05) is 27.2 Å². The van der Waals surface area contributed by atoms with Crippen LogP contribution in [0.25, 0.3) is 0 Å². The summed E-state index contributed by atoms with van der Waals surface area (Å²) in [4.78, 5) is 11.3. The molecule has 2 nitrogen and oxygen atoms in total. The van der Waals surface area contributed by atoms with Gasteiger partial charge in [-0.05, 0) is 19.8 Å². The third-order valence-corrected chi connectivity index (χ3v) is 1.90. The van der Waals surface area contributed by atoms with Gasteiger partial charge in [-0.3, -0.25) is 4.79 Å². The van der Waals surface area contributed by atoms with E-state index < -0.39 is 0 Å². The molecule has 0 saturated heterocycles. The maximum atomic E-state index is 11.3. The largest absolute Gasteiger partial charge is 0.462 e. The Morgan fingerprint density at radius 1 is 1.50 bits per heavy atom. The van der Waals surface area contributed by atoms with Crippen LogP contribution in [-0.2, 0) is 9.53 Å². The first-order valence-electron chi connectivity index (χ1n) is 4.61. The first kappa shape index (κ1) is 11.5. The van der Waals surface area contributed by atoms with Crippen LogP contribution >= 0.6 is 0 Å². The average molecular weight is 171 g/mol. The number of ether oxygens (including phenoxy) is 1. The van der Waals surface area contributed by atoms with E-state index in [4.69, 9.17) is 4.74 Å². The molecule has 0 unspecified atom stereocenters. The number of hydrogen-bond donors (Lipinski definition) is 0. The molecule has 0 bridgehead atoms. The SMILES string of the molecule is C[CH][C@H](C)OC(=O)[C@H](C)CCC. The summed E-state index contributed by atoms with van der Waals surface area (Å²) < 4.78 is 5.12. The van der Waals surface area contributed by atoms with E-state index in [-0.39, 0.29) is 18.0 Å². The molecule has 0 N–H and O–H groups in total. The minimum absolute atomic E-state index is 0.0393. The molecule has 0 amide bonds. The van der Waals surface area contributed by atoms with Crippen molar-refractivity contribution >= 4 is 5.97 Å². The summed E-state index contributed by atoms with van der Waals surface area (Å²) in [5.74, 6) is -0.0418. The average Bonchev–Trinajstić information content (AvgIpc) is 2.04. The van der Waals surface area contributed by atoms with Crippen LogP contribution in [0.4, 0.5) is 0 Å². The van der Waals surface area contributed by atoms with Gasteiger partial charge in [0.25, 0.3) is 0 Å². The molecule has 2 heteroatoms. The second-order valence-corrected chi connectivity index (χ2v) is 3.17. The van der Waals surface area contributed by atoms with E-state index in [1.54, 1.807) is 0 Å². The predicted octanol–water partition coefficient (Wildman–Crippen LogP) is 2.58. The molecule has 0 rings (SSSR count). The zero-order valence-corrected chi connectivity index (χ0v) is 8.46. The van der Waals surface area contributed by atoms with Crippen molar-refractivity contribution < 1.29 is 9.53 Å². The zero-order valence-electron chi connectivity index (χ0n) is 8.46. The third kappa shape index (κ3) is 4.37. The van der Waals surface area contributed by atoms with Crippen molar-refractivity contribution in [1.29, 1.82) is 0 Å². The minimum Gasteiger partial charge on any atom is -0.462 e. The Bertz CT molecular complexity index is 132. The number of carbonyl (C=O) groups is 1. The van der Waals surface area contributed by atoms with Crippen LogP contribution in [0.15, 0.2) is 0 Å². The lowest BCUT2D eigenvalue weighted by molar-refractivity contribution is -0.151. The van der Waals surface area contributed by atoms with E-state index in [1.165, 1.54) is 0 Å². The Hall–Kier alpha value is -0.530. The fourth-order valence-corrected chi connectivity index (χ4v) is 0.918. The minimum atomic E-state index is -0.0811. The van der Waals surface area contributed by atoms with Gasteiger partial charge in [0, 0.05) is 0 Å². The van der Waals surface area contributed by atoms with E-state index in [9.17, 15) is 4.79 Å². The molecule has 0 aromatic heterocycles. The van der Waals surface area contributed by atoms with Crippen LogP contribution in [0.3, 0.4) is 0 Å². The van der Waals surface area contributed by atoms with Gasteiger partial charge in [0.05, 0.1) is 5.92 Å². The lowest BCUT2D eigenvalue weighted by Gasteiger charge is -2.14.